The molecule has 0 aromatic carbocycles. The molecule has 12 nitrogen and oxygen atoms in total. The number of hydrogen-bond acceptors (Lipinski definition) is 12. The van der Waals surface area contributed by atoms with E-state index in [1.165, 1.54) is 0 Å². The summed E-state index contributed by atoms with van der Waals surface area (Å²) in [6.45, 7) is 3.38. The molecule has 3 saturated heterocycles. The number of ether oxygens (including phenoxy) is 5. The highest BCUT2D eigenvalue weighted by atomic mass is 32.3. The summed E-state index contributed by atoms with van der Waals surface area (Å²) in [5.41, 5.74) is 0. The van der Waals surface area contributed by atoms with Crippen LogP contribution >= 0.6 is 0 Å². The first-order valence-electron chi connectivity index (χ1n) is 10.0. The van der Waals surface area contributed by atoms with Gasteiger partial charge in [0.1, 0.15) is 42.7 Å². The van der Waals surface area contributed by atoms with E-state index in [0.717, 1.165) is 0 Å². The molecule has 3 aliphatic heterocycles. The Kier molecular flexibility index (Phi) is 8.07. The Hall–Kier alpha value is -0.450. The first-order chi connectivity index (χ1) is 14.2. The Morgan fingerprint density at radius 1 is 1.10 bits per heavy atom. The molecule has 0 aromatic rings. The fourth-order valence-electron chi connectivity index (χ4n) is 4.25. The van der Waals surface area contributed by atoms with E-state index in [4.69, 9.17) is 23.7 Å². The zero-order valence-electron chi connectivity index (χ0n) is 16.7. The minimum atomic E-state index is -5.09. The lowest BCUT2D eigenvalue weighted by atomic mass is 9.85. The van der Waals surface area contributed by atoms with Crippen LogP contribution in [0.1, 0.15) is 26.7 Å². The Labute approximate surface area is 174 Å². The quantitative estimate of drug-likeness (QED) is 0.263. The molecular formula is C17H29O12S-. The predicted octanol–water partition coefficient (Wildman–Crippen LogP) is -1.77. The minimum absolute atomic E-state index is 0.140. The second-order valence-corrected chi connectivity index (χ2v) is 8.53. The lowest BCUT2D eigenvalue weighted by Crippen LogP contribution is -2.61. The SMILES string of the molecule is CCC[C@@H]1C(O)[C@H](O[C@H]2C3COC2[C@H](O)[C@@H](OCC)O3)OC(CO)[C@@H]1OS(=O)(=O)[O-]. The molecule has 4 unspecified atom stereocenters. The molecule has 30 heavy (non-hydrogen) atoms. The molecule has 3 heterocycles. The molecule has 0 spiro atoms. The summed E-state index contributed by atoms with van der Waals surface area (Å²) >= 11 is 0. The first-order valence-corrected chi connectivity index (χ1v) is 11.3. The maximum atomic E-state index is 11.1. The van der Waals surface area contributed by atoms with Crippen LogP contribution in [0.3, 0.4) is 0 Å². The monoisotopic (exact) mass is 457 g/mol. The highest BCUT2D eigenvalue weighted by Gasteiger charge is 2.55. The Morgan fingerprint density at radius 3 is 2.43 bits per heavy atom. The highest BCUT2D eigenvalue weighted by molar-refractivity contribution is 7.80. The second kappa shape index (κ2) is 10.0. The van der Waals surface area contributed by atoms with Gasteiger partial charge >= 0.3 is 0 Å². The number of aliphatic hydroxyl groups excluding tert-OH is 3. The highest BCUT2D eigenvalue weighted by Crippen LogP contribution is 2.37. The van der Waals surface area contributed by atoms with Crippen molar-refractivity contribution >= 4 is 10.4 Å². The standard InChI is InChI=1S/C17H30O12S/c1-3-5-8-11(19)17(26-9(6-18)13(8)29-30(21,22)23)28-14-10-7-25-15(14)12(20)16(27-10)24-4-2/h8-20H,3-7H2,1-2H3,(H,21,22,23)/p-1/t8-,9?,10?,11?,12+,13-,14+,15?,16+,17+/m1/s1. The summed E-state index contributed by atoms with van der Waals surface area (Å²) in [4.78, 5) is 0. The molecule has 3 N–H and O–H groups in total. The summed E-state index contributed by atoms with van der Waals surface area (Å²) in [5, 5.41) is 30.9. The van der Waals surface area contributed by atoms with E-state index in [-0.39, 0.29) is 6.61 Å². The maximum Gasteiger partial charge on any atom is 0.218 e. The van der Waals surface area contributed by atoms with Crippen molar-refractivity contribution in [2.75, 3.05) is 19.8 Å². The predicted molar refractivity (Wildman–Crippen MR) is 95.6 cm³/mol. The zero-order valence-corrected chi connectivity index (χ0v) is 17.5. The van der Waals surface area contributed by atoms with Crippen molar-refractivity contribution in [1.29, 1.82) is 0 Å². The molecule has 13 heteroatoms. The van der Waals surface area contributed by atoms with Crippen LogP contribution in [-0.2, 0) is 38.3 Å². The second-order valence-electron chi connectivity index (χ2n) is 7.53. The Balaban J connectivity index is 1.75. The molecule has 176 valence electrons. The Bertz CT molecular complexity index is 659. The molecule has 3 aliphatic rings. The summed E-state index contributed by atoms with van der Waals surface area (Å²) in [5.74, 6) is -0.848. The fourth-order valence-corrected chi connectivity index (χ4v) is 4.78. The molecular weight excluding hydrogens is 428 g/mol. The largest absolute Gasteiger partial charge is 0.726 e. The topological polar surface area (TPSA) is 173 Å². The maximum absolute atomic E-state index is 11.1. The molecule has 3 rings (SSSR count). The van der Waals surface area contributed by atoms with Crippen LogP contribution in [0.2, 0.25) is 0 Å². The van der Waals surface area contributed by atoms with Crippen LogP contribution in [0.5, 0.6) is 0 Å². The fraction of sp³-hybridized carbons (Fsp3) is 1.00. The van der Waals surface area contributed by atoms with Crippen molar-refractivity contribution in [2.24, 2.45) is 5.92 Å². The zero-order chi connectivity index (χ0) is 22.1. The number of aliphatic hydroxyl groups is 3. The number of hydrogen-bond donors (Lipinski definition) is 3. The summed E-state index contributed by atoms with van der Waals surface area (Å²) in [6, 6.07) is 0. The van der Waals surface area contributed by atoms with E-state index in [1.54, 1.807) is 6.92 Å². The van der Waals surface area contributed by atoms with Crippen molar-refractivity contribution in [3.05, 3.63) is 0 Å². The Morgan fingerprint density at radius 2 is 1.83 bits per heavy atom. The third-order valence-electron chi connectivity index (χ3n) is 5.54. The lowest BCUT2D eigenvalue weighted by Gasteiger charge is -2.46. The van der Waals surface area contributed by atoms with Crippen LogP contribution in [0.4, 0.5) is 0 Å². The van der Waals surface area contributed by atoms with Gasteiger partial charge in [0.05, 0.1) is 13.2 Å². The van der Waals surface area contributed by atoms with Crippen molar-refractivity contribution in [2.45, 2.75) is 82.0 Å². The average Bonchev–Trinajstić information content (AvgIpc) is 2.98. The van der Waals surface area contributed by atoms with Crippen LogP contribution in [0.15, 0.2) is 0 Å². The van der Waals surface area contributed by atoms with Crippen LogP contribution < -0.4 is 0 Å². The first kappa shape index (κ1) is 24.2. The molecule has 2 bridgehead atoms. The third-order valence-corrected chi connectivity index (χ3v) is 5.99. The van der Waals surface area contributed by atoms with Gasteiger partial charge in [0, 0.05) is 12.5 Å². The van der Waals surface area contributed by atoms with Gasteiger partial charge in [-0.15, -0.1) is 0 Å². The summed E-state index contributed by atoms with van der Waals surface area (Å²) < 4.78 is 66.0. The smallest absolute Gasteiger partial charge is 0.218 e. The van der Waals surface area contributed by atoms with E-state index < -0.39 is 78.2 Å². The summed E-state index contributed by atoms with van der Waals surface area (Å²) in [7, 11) is -5.09. The van der Waals surface area contributed by atoms with Gasteiger partial charge in [-0.3, -0.25) is 4.18 Å². The van der Waals surface area contributed by atoms with Crippen molar-refractivity contribution in [3.8, 4) is 0 Å². The van der Waals surface area contributed by atoms with Crippen LogP contribution in [0, 0.1) is 5.92 Å². The normalized spacial score (nSPS) is 44.3. The van der Waals surface area contributed by atoms with Gasteiger partial charge in [0.2, 0.25) is 10.4 Å². The van der Waals surface area contributed by atoms with Crippen LogP contribution in [0.25, 0.3) is 0 Å². The van der Waals surface area contributed by atoms with Gasteiger partial charge in [-0.2, -0.15) is 0 Å². The van der Waals surface area contributed by atoms with Gasteiger partial charge < -0.3 is 43.6 Å². The summed E-state index contributed by atoms with van der Waals surface area (Å²) in [6.07, 6.45) is -8.56. The number of fused-ring (bicyclic) bond motifs is 2. The van der Waals surface area contributed by atoms with Gasteiger partial charge in [-0.05, 0) is 13.3 Å². The molecule has 0 amide bonds. The van der Waals surface area contributed by atoms with E-state index in [1.807, 2.05) is 6.92 Å². The van der Waals surface area contributed by atoms with E-state index >= 15 is 0 Å². The number of rotatable bonds is 9. The van der Waals surface area contributed by atoms with Gasteiger partial charge in [-0.25, -0.2) is 8.42 Å². The van der Waals surface area contributed by atoms with E-state index in [9.17, 15) is 28.3 Å². The molecule has 0 saturated carbocycles. The van der Waals surface area contributed by atoms with E-state index in [2.05, 4.69) is 4.18 Å². The molecule has 0 aliphatic carbocycles. The molecule has 0 aromatic heterocycles. The molecule has 0 radical (unpaired) electrons. The van der Waals surface area contributed by atoms with Crippen LogP contribution in [-0.4, -0.2) is 103 Å². The molecule has 3 fully saturated rings. The van der Waals surface area contributed by atoms with E-state index in [0.29, 0.717) is 19.4 Å². The minimum Gasteiger partial charge on any atom is -0.726 e. The van der Waals surface area contributed by atoms with Gasteiger partial charge in [-0.1, -0.05) is 13.3 Å². The van der Waals surface area contributed by atoms with Crippen molar-refractivity contribution in [3.63, 3.8) is 0 Å². The average molecular weight is 457 g/mol. The third kappa shape index (κ3) is 5.13. The van der Waals surface area contributed by atoms with Crippen molar-refractivity contribution in [1.82, 2.24) is 0 Å². The van der Waals surface area contributed by atoms with Gasteiger partial charge in [0.25, 0.3) is 0 Å². The molecule has 10 atom stereocenters. The van der Waals surface area contributed by atoms with Gasteiger partial charge in [0.15, 0.2) is 12.6 Å². The van der Waals surface area contributed by atoms with Crippen molar-refractivity contribution < 1.29 is 56.2 Å². The lowest BCUT2D eigenvalue weighted by molar-refractivity contribution is -0.333.